The van der Waals surface area contributed by atoms with Crippen molar-refractivity contribution < 1.29 is 14.4 Å². The second-order valence-corrected chi connectivity index (χ2v) is 10.1. The van der Waals surface area contributed by atoms with Gasteiger partial charge in [-0.05, 0) is 24.7 Å². The Labute approximate surface area is 165 Å². The van der Waals surface area contributed by atoms with Crippen molar-refractivity contribution in [2.75, 3.05) is 19.6 Å². The number of aromatic nitrogens is 1. The van der Waals surface area contributed by atoms with Crippen LogP contribution < -0.4 is 0 Å². The number of rotatable bonds is 8. The minimum Gasteiger partial charge on any atom is -0.390 e. The predicted molar refractivity (Wildman–Crippen MR) is 109 cm³/mol. The Morgan fingerprint density at radius 2 is 1.78 bits per heavy atom. The molecule has 0 unspecified atom stereocenters. The van der Waals surface area contributed by atoms with Crippen LogP contribution in [0.15, 0.2) is 10.6 Å². The van der Waals surface area contributed by atoms with Crippen molar-refractivity contribution in [1.82, 2.24) is 10.1 Å². The minimum absolute atomic E-state index is 0.0361. The van der Waals surface area contributed by atoms with Crippen LogP contribution in [0.25, 0.3) is 0 Å². The van der Waals surface area contributed by atoms with Crippen LogP contribution in [0.3, 0.4) is 0 Å². The second-order valence-electron chi connectivity index (χ2n) is 10.1. The first kappa shape index (κ1) is 22.4. The number of aliphatic hydroxyl groups excluding tert-OH is 1. The topological polar surface area (TPSA) is 58.7 Å². The highest BCUT2D eigenvalue weighted by Crippen LogP contribution is 2.26. The van der Waals surface area contributed by atoms with Gasteiger partial charge in [0, 0.05) is 37.5 Å². The summed E-state index contributed by atoms with van der Waals surface area (Å²) in [6, 6.07) is 2.05. The lowest BCUT2D eigenvalue weighted by atomic mass is 9.92. The average Bonchev–Trinajstić information content (AvgIpc) is 2.98. The molecule has 1 saturated heterocycles. The molecular weight excluding hydrogens is 340 g/mol. The van der Waals surface area contributed by atoms with E-state index in [0.29, 0.717) is 11.8 Å². The standard InChI is InChI=1S/C22H40N2O3/c1-15(2)12-24(13-16(3)4)14-20-19(25)9-8-18(26-20)10-17-11-21(27-23-17)22(5,6)7/h11,15-16,18-20,25H,8-10,12-14H2,1-7H3/t18-,19-,20+/m0/s1. The molecule has 0 aromatic carbocycles. The third-order valence-electron chi connectivity index (χ3n) is 5.00. The maximum atomic E-state index is 10.5. The monoisotopic (exact) mass is 380 g/mol. The van der Waals surface area contributed by atoms with E-state index in [9.17, 15) is 5.11 Å². The van der Waals surface area contributed by atoms with E-state index >= 15 is 0 Å². The van der Waals surface area contributed by atoms with Crippen LogP contribution in [0.5, 0.6) is 0 Å². The zero-order valence-corrected chi connectivity index (χ0v) is 18.4. The third-order valence-corrected chi connectivity index (χ3v) is 5.00. The molecule has 3 atom stereocenters. The van der Waals surface area contributed by atoms with Crippen LogP contribution in [-0.2, 0) is 16.6 Å². The first-order chi connectivity index (χ1) is 12.5. The summed E-state index contributed by atoms with van der Waals surface area (Å²) in [7, 11) is 0. The summed E-state index contributed by atoms with van der Waals surface area (Å²) in [5.74, 6) is 2.11. The molecule has 1 aliphatic rings. The maximum Gasteiger partial charge on any atom is 0.142 e. The van der Waals surface area contributed by atoms with E-state index in [1.54, 1.807) is 0 Å². The number of nitrogens with zero attached hydrogens (tertiary/aromatic N) is 2. The molecule has 0 aliphatic carbocycles. The van der Waals surface area contributed by atoms with E-state index in [1.807, 2.05) is 6.07 Å². The lowest BCUT2D eigenvalue weighted by molar-refractivity contribution is -0.127. The third kappa shape index (κ3) is 7.20. The minimum atomic E-state index is -0.384. The SMILES string of the molecule is CC(C)CN(CC(C)C)C[C@H]1O[C@H](Cc2cc(C(C)(C)C)on2)CC[C@@H]1O. The molecule has 27 heavy (non-hydrogen) atoms. The van der Waals surface area contributed by atoms with Gasteiger partial charge in [-0.15, -0.1) is 0 Å². The van der Waals surface area contributed by atoms with Gasteiger partial charge in [0.15, 0.2) is 0 Å². The Balaban J connectivity index is 1.96. The molecule has 0 saturated carbocycles. The molecule has 1 aliphatic heterocycles. The van der Waals surface area contributed by atoms with Gasteiger partial charge in [0.25, 0.3) is 0 Å². The van der Waals surface area contributed by atoms with Crippen LogP contribution in [0, 0.1) is 11.8 Å². The molecule has 0 amide bonds. The molecule has 1 fully saturated rings. The molecular formula is C22H40N2O3. The van der Waals surface area contributed by atoms with Crippen molar-refractivity contribution in [2.45, 2.75) is 91.5 Å². The van der Waals surface area contributed by atoms with Crippen molar-refractivity contribution in [1.29, 1.82) is 0 Å². The van der Waals surface area contributed by atoms with Crippen LogP contribution in [0.4, 0.5) is 0 Å². The summed E-state index contributed by atoms with van der Waals surface area (Å²) in [5, 5.41) is 14.7. The zero-order chi connectivity index (χ0) is 20.2. The summed E-state index contributed by atoms with van der Waals surface area (Å²) in [5.41, 5.74) is 0.910. The maximum absolute atomic E-state index is 10.5. The van der Waals surface area contributed by atoms with E-state index in [2.05, 4.69) is 58.5 Å². The van der Waals surface area contributed by atoms with Crippen molar-refractivity contribution in [2.24, 2.45) is 11.8 Å². The number of aliphatic hydroxyl groups is 1. The Hall–Kier alpha value is -0.910. The first-order valence-electron chi connectivity index (χ1n) is 10.6. The molecule has 156 valence electrons. The number of hydrogen-bond acceptors (Lipinski definition) is 5. The molecule has 2 heterocycles. The molecule has 0 radical (unpaired) electrons. The van der Waals surface area contributed by atoms with Gasteiger partial charge in [-0.1, -0.05) is 53.6 Å². The van der Waals surface area contributed by atoms with Gasteiger partial charge in [-0.3, -0.25) is 0 Å². The Bertz CT molecular complexity index is 552. The predicted octanol–water partition coefficient (Wildman–Crippen LogP) is 4.04. The van der Waals surface area contributed by atoms with Crippen molar-refractivity contribution in [3.8, 4) is 0 Å². The normalized spacial score (nSPS) is 24.3. The van der Waals surface area contributed by atoms with Crippen LogP contribution in [0.2, 0.25) is 0 Å². The quantitative estimate of drug-likeness (QED) is 0.738. The lowest BCUT2D eigenvalue weighted by Gasteiger charge is -2.37. The summed E-state index contributed by atoms with van der Waals surface area (Å²) in [6.45, 7) is 18.2. The first-order valence-corrected chi connectivity index (χ1v) is 10.6. The number of ether oxygens (including phenoxy) is 1. The largest absolute Gasteiger partial charge is 0.390 e. The molecule has 2 rings (SSSR count). The van der Waals surface area contributed by atoms with E-state index in [-0.39, 0.29) is 23.7 Å². The van der Waals surface area contributed by atoms with Gasteiger partial charge in [-0.25, -0.2) is 0 Å². The second kappa shape index (κ2) is 9.53. The van der Waals surface area contributed by atoms with Gasteiger partial charge in [0.05, 0.1) is 24.0 Å². The van der Waals surface area contributed by atoms with Crippen molar-refractivity contribution in [3.05, 3.63) is 17.5 Å². The van der Waals surface area contributed by atoms with E-state index in [0.717, 1.165) is 50.4 Å². The Kier molecular flexibility index (Phi) is 7.90. The van der Waals surface area contributed by atoms with Gasteiger partial charge < -0.3 is 19.3 Å². The van der Waals surface area contributed by atoms with Crippen LogP contribution >= 0.6 is 0 Å². The molecule has 1 N–H and O–H groups in total. The van der Waals surface area contributed by atoms with Gasteiger partial charge in [0.1, 0.15) is 5.76 Å². The molecule has 0 bridgehead atoms. The van der Waals surface area contributed by atoms with Gasteiger partial charge in [0.2, 0.25) is 0 Å². The Morgan fingerprint density at radius 3 is 2.30 bits per heavy atom. The fourth-order valence-electron chi connectivity index (χ4n) is 3.77. The molecule has 0 spiro atoms. The molecule has 5 heteroatoms. The fraction of sp³-hybridized carbons (Fsp3) is 0.864. The molecule has 1 aromatic rings. The smallest absolute Gasteiger partial charge is 0.142 e. The number of hydrogen-bond donors (Lipinski definition) is 1. The highest BCUT2D eigenvalue weighted by molar-refractivity contribution is 5.13. The summed E-state index contributed by atoms with van der Waals surface area (Å²) in [6.07, 6.45) is 1.98. The zero-order valence-electron chi connectivity index (χ0n) is 18.4. The molecule has 5 nitrogen and oxygen atoms in total. The van der Waals surface area contributed by atoms with Crippen LogP contribution in [-0.4, -0.2) is 53.1 Å². The summed E-state index contributed by atoms with van der Waals surface area (Å²) in [4.78, 5) is 2.44. The molecule has 1 aromatic heterocycles. The van der Waals surface area contributed by atoms with Gasteiger partial charge in [-0.2, -0.15) is 0 Å². The lowest BCUT2D eigenvalue weighted by Crippen LogP contribution is -2.48. The average molecular weight is 381 g/mol. The Morgan fingerprint density at radius 1 is 1.15 bits per heavy atom. The highest BCUT2D eigenvalue weighted by atomic mass is 16.5. The summed E-state index contributed by atoms with van der Waals surface area (Å²) >= 11 is 0. The highest BCUT2D eigenvalue weighted by Gasteiger charge is 2.32. The van der Waals surface area contributed by atoms with E-state index in [1.165, 1.54) is 0 Å². The van der Waals surface area contributed by atoms with Crippen molar-refractivity contribution in [3.63, 3.8) is 0 Å². The van der Waals surface area contributed by atoms with Crippen LogP contribution in [0.1, 0.15) is 72.8 Å². The van der Waals surface area contributed by atoms with Crippen molar-refractivity contribution >= 4 is 0 Å². The fourth-order valence-corrected chi connectivity index (χ4v) is 3.77. The van der Waals surface area contributed by atoms with E-state index in [4.69, 9.17) is 9.26 Å². The van der Waals surface area contributed by atoms with E-state index < -0.39 is 0 Å². The summed E-state index contributed by atoms with van der Waals surface area (Å²) < 4.78 is 11.8. The van der Waals surface area contributed by atoms with Gasteiger partial charge >= 0.3 is 0 Å².